The Hall–Kier alpha value is -3.13. The Morgan fingerprint density at radius 1 is 1.00 bits per heavy atom. The zero-order valence-electron chi connectivity index (χ0n) is 19.2. The van der Waals surface area contributed by atoms with Crippen molar-refractivity contribution in [2.45, 2.75) is 13.5 Å². The molecule has 0 spiro atoms. The summed E-state index contributed by atoms with van der Waals surface area (Å²) in [6, 6.07) is 16.5. The van der Waals surface area contributed by atoms with Gasteiger partial charge in [-0.2, -0.15) is 0 Å². The third kappa shape index (κ3) is 6.11. The third-order valence-corrected chi connectivity index (χ3v) is 6.50. The van der Waals surface area contributed by atoms with E-state index in [2.05, 4.69) is 10.3 Å². The molecule has 6 nitrogen and oxygen atoms in total. The van der Waals surface area contributed by atoms with E-state index in [0.29, 0.717) is 55.2 Å². The average molecular weight is 529 g/mol. The van der Waals surface area contributed by atoms with Gasteiger partial charge in [-0.1, -0.05) is 41.4 Å². The molecule has 0 bridgehead atoms. The number of hydrogen-bond acceptors (Lipinski definition) is 6. The highest BCUT2D eigenvalue weighted by molar-refractivity contribution is 8.18. The Labute approximate surface area is 217 Å². The second kappa shape index (κ2) is 11.1. The molecule has 0 aromatic heterocycles. The van der Waals surface area contributed by atoms with E-state index in [1.807, 2.05) is 37.3 Å². The number of rotatable bonds is 7. The number of benzene rings is 3. The summed E-state index contributed by atoms with van der Waals surface area (Å²) in [6.45, 7) is 2.27. The summed E-state index contributed by atoms with van der Waals surface area (Å²) in [4.78, 5) is 17.6. The van der Waals surface area contributed by atoms with Crippen LogP contribution in [0.4, 0.5) is 5.69 Å². The summed E-state index contributed by atoms with van der Waals surface area (Å²) in [5.41, 5.74) is 3.31. The van der Waals surface area contributed by atoms with E-state index in [-0.39, 0.29) is 5.91 Å². The number of methoxy groups -OCH3 is 2. The molecule has 0 saturated carbocycles. The number of thioether (sulfide) groups is 1. The van der Waals surface area contributed by atoms with E-state index in [1.54, 1.807) is 37.5 Å². The lowest BCUT2D eigenvalue weighted by Crippen LogP contribution is -2.19. The Morgan fingerprint density at radius 2 is 1.74 bits per heavy atom. The van der Waals surface area contributed by atoms with Crippen molar-refractivity contribution in [3.05, 3.63) is 86.2 Å². The number of halogens is 2. The summed E-state index contributed by atoms with van der Waals surface area (Å²) in [5, 5.41) is 4.28. The molecule has 1 saturated heterocycles. The maximum absolute atomic E-state index is 12.6. The maximum Gasteiger partial charge on any atom is 0.264 e. The molecule has 1 aliphatic rings. The van der Waals surface area contributed by atoms with Gasteiger partial charge in [0.25, 0.3) is 5.91 Å². The van der Waals surface area contributed by atoms with Crippen LogP contribution in [0.25, 0.3) is 6.08 Å². The SMILES string of the molecule is COc1ccc(C)cc1N=C1NC(=O)/C(=C/c2cc(Cl)c(OCc3ccc(Cl)cc3)c(OC)c2)S1. The number of hydrogen-bond donors (Lipinski definition) is 1. The zero-order valence-corrected chi connectivity index (χ0v) is 21.6. The van der Waals surface area contributed by atoms with Crippen molar-refractivity contribution in [1.29, 1.82) is 0 Å². The molecule has 0 aliphatic carbocycles. The fraction of sp³-hybridized carbons (Fsp3) is 0.154. The van der Waals surface area contributed by atoms with Crippen LogP contribution in [0.3, 0.4) is 0 Å². The monoisotopic (exact) mass is 528 g/mol. The van der Waals surface area contributed by atoms with Crippen molar-refractivity contribution < 1.29 is 19.0 Å². The zero-order chi connectivity index (χ0) is 24.9. The average Bonchev–Trinajstić information content (AvgIpc) is 3.17. The first-order chi connectivity index (χ1) is 16.9. The number of carbonyl (C=O) groups is 1. The van der Waals surface area contributed by atoms with Crippen LogP contribution in [0.5, 0.6) is 17.2 Å². The predicted molar refractivity (Wildman–Crippen MR) is 142 cm³/mol. The number of nitrogens with zero attached hydrogens (tertiary/aromatic N) is 1. The van der Waals surface area contributed by atoms with Gasteiger partial charge in [0.2, 0.25) is 0 Å². The van der Waals surface area contributed by atoms with Crippen LogP contribution < -0.4 is 19.5 Å². The smallest absolute Gasteiger partial charge is 0.264 e. The van der Waals surface area contributed by atoms with Gasteiger partial charge in [-0.25, -0.2) is 4.99 Å². The molecular weight excluding hydrogens is 507 g/mol. The fourth-order valence-corrected chi connectivity index (χ4v) is 4.56. The molecule has 0 atom stereocenters. The van der Waals surface area contributed by atoms with Crippen LogP contribution in [0, 0.1) is 6.92 Å². The summed E-state index contributed by atoms with van der Waals surface area (Å²) in [7, 11) is 3.12. The molecule has 35 heavy (non-hydrogen) atoms. The molecule has 0 unspecified atom stereocenters. The molecule has 180 valence electrons. The number of carbonyl (C=O) groups excluding carboxylic acids is 1. The van der Waals surface area contributed by atoms with E-state index in [9.17, 15) is 4.79 Å². The Bertz CT molecular complexity index is 1320. The number of ether oxygens (including phenoxy) is 3. The first-order valence-corrected chi connectivity index (χ1v) is 12.1. The largest absolute Gasteiger partial charge is 0.494 e. The lowest BCUT2D eigenvalue weighted by atomic mass is 10.1. The summed E-state index contributed by atoms with van der Waals surface area (Å²) >= 11 is 13.7. The first-order valence-electron chi connectivity index (χ1n) is 10.6. The highest BCUT2D eigenvalue weighted by atomic mass is 35.5. The summed E-state index contributed by atoms with van der Waals surface area (Å²) in [5.74, 6) is 1.25. The van der Waals surface area contributed by atoms with Crippen LogP contribution in [0.1, 0.15) is 16.7 Å². The Balaban J connectivity index is 1.55. The molecule has 1 heterocycles. The minimum absolute atomic E-state index is 0.251. The third-order valence-electron chi connectivity index (χ3n) is 5.05. The van der Waals surface area contributed by atoms with E-state index in [0.717, 1.165) is 11.1 Å². The van der Waals surface area contributed by atoms with Crippen LogP contribution in [-0.4, -0.2) is 25.3 Å². The van der Waals surface area contributed by atoms with Gasteiger partial charge in [-0.15, -0.1) is 0 Å². The van der Waals surface area contributed by atoms with Crippen LogP contribution in [-0.2, 0) is 11.4 Å². The van der Waals surface area contributed by atoms with Crippen LogP contribution in [0.2, 0.25) is 10.0 Å². The number of nitrogens with one attached hydrogen (secondary N) is 1. The molecular formula is C26H22Cl2N2O4S. The molecule has 3 aromatic rings. The van der Waals surface area contributed by atoms with Gasteiger partial charge >= 0.3 is 0 Å². The Morgan fingerprint density at radius 3 is 2.46 bits per heavy atom. The molecule has 9 heteroatoms. The minimum atomic E-state index is -0.251. The van der Waals surface area contributed by atoms with Gasteiger partial charge < -0.3 is 19.5 Å². The summed E-state index contributed by atoms with van der Waals surface area (Å²) < 4.78 is 16.8. The van der Waals surface area contributed by atoms with Crippen molar-refractivity contribution in [1.82, 2.24) is 5.32 Å². The van der Waals surface area contributed by atoms with Crippen molar-refractivity contribution in [3.8, 4) is 17.2 Å². The van der Waals surface area contributed by atoms with Gasteiger partial charge in [0.1, 0.15) is 18.0 Å². The van der Waals surface area contributed by atoms with Gasteiger partial charge in [-0.05, 0) is 77.9 Å². The second-order valence-corrected chi connectivity index (χ2v) is 9.48. The van der Waals surface area contributed by atoms with Crippen molar-refractivity contribution >= 4 is 57.8 Å². The second-order valence-electron chi connectivity index (χ2n) is 7.61. The van der Waals surface area contributed by atoms with E-state index >= 15 is 0 Å². The standard InChI is InChI=1S/C26H22Cl2N2O4S/c1-15-4-9-21(32-2)20(10-15)29-26-30-25(31)23(35-26)13-17-11-19(28)24(22(12-17)33-3)34-14-16-5-7-18(27)8-6-16/h4-13H,14H2,1-3H3,(H,29,30,31)/b23-13-. The lowest BCUT2D eigenvalue weighted by Gasteiger charge is -2.13. The van der Waals surface area contributed by atoms with Crippen LogP contribution >= 0.6 is 35.0 Å². The molecule has 1 amide bonds. The minimum Gasteiger partial charge on any atom is -0.494 e. The summed E-state index contributed by atoms with van der Waals surface area (Å²) in [6.07, 6.45) is 1.73. The van der Waals surface area contributed by atoms with Crippen molar-refractivity contribution in [2.75, 3.05) is 14.2 Å². The number of amides is 1. The maximum atomic E-state index is 12.6. The van der Waals surface area contributed by atoms with Gasteiger partial charge in [0, 0.05) is 5.02 Å². The van der Waals surface area contributed by atoms with E-state index in [4.69, 9.17) is 37.4 Å². The van der Waals surface area contributed by atoms with E-state index in [1.165, 1.54) is 18.9 Å². The number of aryl methyl sites for hydroxylation is 1. The molecule has 1 fully saturated rings. The fourth-order valence-electron chi connectivity index (χ4n) is 3.33. The van der Waals surface area contributed by atoms with E-state index < -0.39 is 0 Å². The topological polar surface area (TPSA) is 69.2 Å². The van der Waals surface area contributed by atoms with Crippen LogP contribution in [0.15, 0.2) is 64.5 Å². The molecule has 4 rings (SSSR count). The first kappa shape index (κ1) is 25.0. The molecule has 3 aromatic carbocycles. The van der Waals surface area contributed by atoms with Gasteiger partial charge in [0.15, 0.2) is 16.7 Å². The van der Waals surface area contributed by atoms with Crippen molar-refractivity contribution in [2.24, 2.45) is 4.99 Å². The highest BCUT2D eigenvalue weighted by Gasteiger charge is 2.25. The van der Waals surface area contributed by atoms with Gasteiger partial charge in [-0.3, -0.25) is 4.79 Å². The molecule has 1 N–H and O–H groups in total. The quantitative estimate of drug-likeness (QED) is 0.342. The predicted octanol–water partition coefficient (Wildman–Crippen LogP) is 6.79. The molecule has 1 aliphatic heterocycles. The normalized spacial score (nSPS) is 15.4. The number of aliphatic imine (C=N–C) groups is 1. The Kier molecular flexibility index (Phi) is 7.90. The van der Waals surface area contributed by atoms with Crippen molar-refractivity contribution in [3.63, 3.8) is 0 Å². The molecule has 0 radical (unpaired) electrons. The lowest BCUT2D eigenvalue weighted by molar-refractivity contribution is -0.115. The highest BCUT2D eigenvalue weighted by Crippen LogP contribution is 2.39. The van der Waals surface area contributed by atoms with Gasteiger partial charge in [0.05, 0.1) is 24.1 Å². The number of amidine groups is 1.